The summed E-state index contributed by atoms with van der Waals surface area (Å²) in [7, 11) is 1.67. The van der Waals surface area contributed by atoms with E-state index in [9.17, 15) is 4.79 Å². The van der Waals surface area contributed by atoms with Gasteiger partial charge in [0.05, 0.1) is 18.5 Å². The highest BCUT2D eigenvalue weighted by atomic mass is 79.9. The van der Waals surface area contributed by atoms with E-state index in [-0.39, 0.29) is 5.91 Å². The number of aliphatic imine (C=N–C) groups is 1. The predicted molar refractivity (Wildman–Crippen MR) is 125 cm³/mol. The van der Waals surface area contributed by atoms with Crippen LogP contribution in [0, 0.1) is 0 Å². The number of hydrogen-bond acceptors (Lipinski definition) is 6. The van der Waals surface area contributed by atoms with Crippen molar-refractivity contribution in [2.24, 2.45) is 4.99 Å². The molecule has 0 atom stereocenters. The van der Waals surface area contributed by atoms with Crippen LogP contribution >= 0.6 is 39.5 Å². The first kappa shape index (κ1) is 20.4. The van der Waals surface area contributed by atoms with Gasteiger partial charge in [-0.2, -0.15) is 0 Å². The Morgan fingerprint density at radius 3 is 2.55 bits per heavy atom. The molecule has 1 saturated heterocycles. The van der Waals surface area contributed by atoms with Crippen molar-refractivity contribution in [2.45, 2.75) is 18.7 Å². The Labute approximate surface area is 187 Å². The maximum Gasteiger partial charge on any atom is 0.269 e. The summed E-state index contributed by atoms with van der Waals surface area (Å²) in [5.74, 6) is 0.818. The predicted octanol–water partition coefficient (Wildman–Crippen LogP) is 5.84. The van der Waals surface area contributed by atoms with Gasteiger partial charge in [-0.05, 0) is 55.9 Å². The molecule has 0 aliphatic carbocycles. The average Bonchev–Trinajstić information content (AvgIpc) is 3.23. The molecule has 0 spiro atoms. The Morgan fingerprint density at radius 2 is 1.86 bits per heavy atom. The number of rotatable bonds is 4. The first-order chi connectivity index (χ1) is 14.0. The van der Waals surface area contributed by atoms with Crippen molar-refractivity contribution >= 4 is 61.9 Å². The quantitative estimate of drug-likeness (QED) is 0.504. The number of halogens is 1. The van der Waals surface area contributed by atoms with E-state index < -0.39 is 0 Å². The van der Waals surface area contributed by atoms with Gasteiger partial charge in [0.25, 0.3) is 5.91 Å². The number of amides is 1. The molecule has 2 heterocycles. The normalized spacial score (nSPS) is 20.0. The summed E-state index contributed by atoms with van der Waals surface area (Å²) in [5.41, 5.74) is 1.90. The third-order valence-corrected chi connectivity index (χ3v) is 7.50. The van der Waals surface area contributed by atoms with Gasteiger partial charge in [0, 0.05) is 28.5 Å². The highest BCUT2D eigenvalue weighted by molar-refractivity contribution is 9.10. The molecule has 1 amide bonds. The number of likely N-dealkylation sites (N-methyl/N-ethyl adjacent to an activating group) is 1. The van der Waals surface area contributed by atoms with E-state index in [4.69, 9.17) is 9.73 Å². The van der Waals surface area contributed by atoms with Crippen LogP contribution in [0.4, 0.5) is 11.4 Å². The summed E-state index contributed by atoms with van der Waals surface area (Å²) in [6.45, 7) is 5.41. The third kappa shape index (κ3) is 3.81. The SMILES string of the molecule is CCN1C(=O)/C(=C2/Sc3ccc(OC)cc3N2CC)SC1=Nc1cccc(Br)c1. The Hall–Kier alpha value is -1.90. The molecule has 0 radical (unpaired) electrons. The zero-order valence-corrected chi connectivity index (χ0v) is 19.5. The number of hydrogen-bond donors (Lipinski definition) is 0. The second-order valence-corrected chi connectivity index (χ2v) is 9.26. The zero-order valence-electron chi connectivity index (χ0n) is 16.3. The molecule has 8 heteroatoms. The number of carbonyl (C=O) groups excluding carboxylic acids is 1. The lowest BCUT2D eigenvalue weighted by molar-refractivity contribution is -0.122. The van der Waals surface area contributed by atoms with E-state index in [1.165, 1.54) is 11.8 Å². The molecule has 0 aromatic heterocycles. The van der Waals surface area contributed by atoms with Crippen LogP contribution in [-0.2, 0) is 4.79 Å². The molecular formula is C21H20BrN3O2S2. The van der Waals surface area contributed by atoms with Crippen LogP contribution in [0.1, 0.15) is 13.8 Å². The minimum absolute atomic E-state index is 0.00645. The Kier molecular flexibility index (Phi) is 5.94. The van der Waals surface area contributed by atoms with Gasteiger partial charge >= 0.3 is 0 Å². The van der Waals surface area contributed by atoms with Gasteiger partial charge < -0.3 is 9.64 Å². The monoisotopic (exact) mass is 489 g/mol. The van der Waals surface area contributed by atoms with Gasteiger partial charge in [0.2, 0.25) is 0 Å². The number of nitrogens with zero attached hydrogens (tertiary/aromatic N) is 3. The molecule has 0 N–H and O–H groups in total. The smallest absolute Gasteiger partial charge is 0.269 e. The lowest BCUT2D eigenvalue weighted by Gasteiger charge is -2.19. The number of fused-ring (bicyclic) bond motifs is 1. The number of ether oxygens (including phenoxy) is 1. The van der Waals surface area contributed by atoms with E-state index in [0.717, 1.165) is 43.0 Å². The van der Waals surface area contributed by atoms with Crippen molar-refractivity contribution in [3.8, 4) is 5.75 Å². The number of methoxy groups -OCH3 is 1. The standard InChI is InChI=1S/C21H20BrN3O2S2/c1-4-24-16-12-15(27-3)9-10-17(16)28-20(24)18-19(26)25(5-2)21(29-18)23-14-8-6-7-13(22)11-14/h6-12H,4-5H2,1-3H3/b20-18-,23-21?. The minimum atomic E-state index is 0.00645. The van der Waals surface area contributed by atoms with Crippen molar-refractivity contribution < 1.29 is 9.53 Å². The van der Waals surface area contributed by atoms with E-state index in [1.54, 1.807) is 23.8 Å². The topological polar surface area (TPSA) is 45.1 Å². The summed E-state index contributed by atoms with van der Waals surface area (Å²) in [4.78, 5) is 23.7. The second-order valence-electron chi connectivity index (χ2n) is 6.34. The second kappa shape index (κ2) is 8.45. The molecular weight excluding hydrogens is 470 g/mol. The maximum atomic E-state index is 13.2. The molecule has 2 aromatic carbocycles. The molecule has 5 nitrogen and oxygen atoms in total. The maximum absolute atomic E-state index is 13.2. The van der Waals surface area contributed by atoms with E-state index >= 15 is 0 Å². The fraction of sp³-hybridized carbons (Fsp3) is 0.238. The highest BCUT2D eigenvalue weighted by Gasteiger charge is 2.39. The van der Waals surface area contributed by atoms with E-state index in [2.05, 4.69) is 27.8 Å². The van der Waals surface area contributed by atoms with Crippen LogP contribution in [-0.4, -0.2) is 36.2 Å². The van der Waals surface area contributed by atoms with Gasteiger partial charge in [-0.1, -0.05) is 33.8 Å². The van der Waals surface area contributed by atoms with Gasteiger partial charge in [-0.15, -0.1) is 0 Å². The summed E-state index contributed by atoms with van der Waals surface area (Å²) >= 11 is 6.56. The lowest BCUT2D eigenvalue weighted by atomic mass is 10.2. The number of amidine groups is 1. The van der Waals surface area contributed by atoms with Crippen LogP contribution in [0.5, 0.6) is 5.75 Å². The first-order valence-electron chi connectivity index (χ1n) is 9.27. The summed E-state index contributed by atoms with van der Waals surface area (Å²) in [5, 5.41) is 1.67. The van der Waals surface area contributed by atoms with Crippen LogP contribution in [0.15, 0.2) is 66.8 Å². The molecule has 150 valence electrons. The molecule has 29 heavy (non-hydrogen) atoms. The van der Waals surface area contributed by atoms with Gasteiger partial charge in [0.1, 0.15) is 15.7 Å². The van der Waals surface area contributed by atoms with Crippen molar-refractivity contribution in [3.05, 3.63) is 56.9 Å². The largest absolute Gasteiger partial charge is 0.497 e. The number of anilines is 1. The zero-order chi connectivity index (χ0) is 20.5. The van der Waals surface area contributed by atoms with Gasteiger partial charge in [0.15, 0.2) is 5.17 Å². The summed E-state index contributed by atoms with van der Waals surface area (Å²) < 4.78 is 6.35. The number of benzene rings is 2. The fourth-order valence-electron chi connectivity index (χ4n) is 3.23. The minimum Gasteiger partial charge on any atom is -0.497 e. The molecule has 0 unspecified atom stereocenters. The van der Waals surface area contributed by atoms with Crippen molar-refractivity contribution in [3.63, 3.8) is 0 Å². The van der Waals surface area contributed by atoms with E-state index in [1.807, 2.05) is 49.4 Å². The Balaban J connectivity index is 1.74. The third-order valence-electron chi connectivity index (χ3n) is 4.63. The van der Waals surface area contributed by atoms with Gasteiger partial charge in [-0.25, -0.2) is 4.99 Å². The molecule has 0 bridgehead atoms. The fourth-order valence-corrected chi connectivity index (χ4v) is 6.05. The van der Waals surface area contributed by atoms with Crippen LogP contribution < -0.4 is 9.64 Å². The van der Waals surface area contributed by atoms with Crippen molar-refractivity contribution in [2.75, 3.05) is 25.1 Å². The molecule has 2 aliphatic rings. The Bertz CT molecular complexity index is 1040. The molecule has 2 aliphatic heterocycles. The van der Waals surface area contributed by atoms with Crippen molar-refractivity contribution in [1.29, 1.82) is 0 Å². The van der Waals surface area contributed by atoms with E-state index in [0.29, 0.717) is 11.7 Å². The average molecular weight is 490 g/mol. The number of carbonyl (C=O) groups is 1. The van der Waals surface area contributed by atoms with Crippen molar-refractivity contribution in [1.82, 2.24) is 4.90 Å². The summed E-state index contributed by atoms with van der Waals surface area (Å²) in [6, 6.07) is 13.8. The van der Waals surface area contributed by atoms with Crippen LogP contribution in [0.25, 0.3) is 0 Å². The number of thioether (sulfide) groups is 2. The highest BCUT2D eigenvalue weighted by Crippen LogP contribution is 2.51. The lowest BCUT2D eigenvalue weighted by Crippen LogP contribution is -2.29. The molecule has 0 saturated carbocycles. The van der Waals surface area contributed by atoms with Gasteiger partial charge in [-0.3, -0.25) is 9.69 Å². The molecule has 1 fully saturated rings. The first-order valence-corrected chi connectivity index (χ1v) is 11.7. The molecule has 2 aromatic rings. The van der Waals surface area contributed by atoms with Crippen LogP contribution in [0.3, 0.4) is 0 Å². The summed E-state index contributed by atoms with van der Waals surface area (Å²) in [6.07, 6.45) is 0. The molecule has 4 rings (SSSR count). The van der Waals surface area contributed by atoms with Crippen LogP contribution in [0.2, 0.25) is 0 Å². The Morgan fingerprint density at radius 1 is 1.07 bits per heavy atom.